The Morgan fingerprint density at radius 3 is 2.90 bits per heavy atom. The van der Waals surface area contributed by atoms with Crippen LogP contribution in [0.5, 0.6) is 0 Å². The van der Waals surface area contributed by atoms with Gasteiger partial charge in [0, 0.05) is 11.8 Å². The Hall–Kier alpha value is -2.32. The molecule has 4 N–H and O–H groups in total. The molecule has 0 aliphatic heterocycles. The van der Waals surface area contributed by atoms with E-state index in [2.05, 4.69) is 4.98 Å². The van der Waals surface area contributed by atoms with Crippen LogP contribution in [0.25, 0.3) is 0 Å². The molecular formula is C11H11ClN4O4. The van der Waals surface area contributed by atoms with Crippen molar-refractivity contribution in [2.45, 2.75) is 13.5 Å². The molecule has 2 aromatic heterocycles. The first-order chi connectivity index (χ1) is 9.42. The van der Waals surface area contributed by atoms with Crippen LogP contribution in [0.3, 0.4) is 0 Å². The van der Waals surface area contributed by atoms with Gasteiger partial charge in [0.15, 0.2) is 5.76 Å². The molecule has 0 bridgehead atoms. The van der Waals surface area contributed by atoms with Crippen LogP contribution in [0.15, 0.2) is 26.3 Å². The van der Waals surface area contributed by atoms with Crippen LogP contribution in [-0.2, 0) is 6.54 Å². The van der Waals surface area contributed by atoms with Gasteiger partial charge in [0.05, 0.1) is 6.54 Å². The summed E-state index contributed by atoms with van der Waals surface area (Å²) in [5.41, 5.74) is 1.25. The molecule has 0 saturated carbocycles. The molecule has 2 rings (SSSR count). The number of aromatic nitrogens is 2. The van der Waals surface area contributed by atoms with E-state index in [0.29, 0.717) is 11.3 Å². The van der Waals surface area contributed by atoms with Crippen LogP contribution in [-0.4, -0.2) is 15.5 Å². The molecule has 1 amide bonds. The van der Waals surface area contributed by atoms with Crippen molar-refractivity contribution in [1.82, 2.24) is 15.0 Å². The van der Waals surface area contributed by atoms with E-state index in [9.17, 15) is 14.4 Å². The zero-order valence-electron chi connectivity index (χ0n) is 10.4. The highest BCUT2D eigenvalue weighted by Crippen LogP contribution is 2.15. The number of nitrogen functional groups attached to an aromatic ring is 1. The van der Waals surface area contributed by atoms with Gasteiger partial charge in [0.25, 0.3) is 5.56 Å². The van der Waals surface area contributed by atoms with Gasteiger partial charge in [-0.25, -0.2) is 10.6 Å². The van der Waals surface area contributed by atoms with Crippen molar-refractivity contribution in [2.24, 2.45) is 5.84 Å². The van der Waals surface area contributed by atoms with Crippen LogP contribution < -0.4 is 22.5 Å². The van der Waals surface area contributed by atoms with Gasteiger partial charge in [0.2, 0.25) is 0 Å². The summed E-state index contributed by atoms with van der Waals surface area (Å²) in [6.07, 6.45) is 1.20. The zero-order chi connectivity index (χ0) is 14.9. The number of nitrogens with two attached hydrogens (primary N) is 1. The molecule has 2 heterocycles. The monoisotopic (exact) mass is 298 g/mol. The Labute approximate surface area is 117 Å². The number of halogens is 1. The molecule has 0 radical (unpaired) electrons. The maximum Gasteiger partial charge on any atom is 0.328 e. The highest BCUT2D eigenvalue weighted by molar-refractivity contribution is 6.30. The smallest absolute Gasteiger partial charge is 0.328 e. The van der Waals surface area contributed by atoms with E-state index in [-0.39, 0.29) is 17.3 Å². The lowest BCUT2D eigenvalue weighted by atomic mass is 10.2. The van der Waals surface area contributed by atoms with Crippen molar-refractivity contribution in [1.29, 1.82) is 0 Å². The topological polar surface area (TPSA) is 123 Å². The average molecular weight is 299 g/mol. The molecular weight excluding hydrogens is 288 g/mol. The van der Waals surface area contributed by atoms with Gasteiger partial charge in [0.1, 0.15) is 10.8 Å². The molecule has 0 saturated heterocycles. The first kappa shape index (κ1) is 14.1. The summed E-state index contributed by atoms with van der Waals surface area (Å²) in [5, 5.41) is -0.118. The third-order valence-electron chi connectivity index (χ3n) is 2.60. The van der Waals surface area contributed by atoms with Gasteiger partial charge < -0.3 is 4.42 Å². The molecule has 0 fully saturated rings. The Balaban J connectivity index is 2.36. The van der Waals surface area contributed by atoms with Crippen LogP contribution >= 0.6 is 11.6 Å². The second-order valence-electron chi connectivity index (χ2n) is 4.06. The fourth-order valence-corrected chi connectivity index (χ4v) is 1.85. The van der Waals surface area contributed by atoms with E-state index in [1.54, 1.807) is 13.0 Å². The van der Waals surface area contributed by atoms with Gasteiger partial charge in [-0.1, -0.05) is 11.6 Å². The molecule has 2 aromatic rings. The first-order valence-electron chi connectivity index (χ1n) is 5.52. The van der Waals surface area contributed by atoms with Crippen LogP contribution in [0, 0.1) is 6.92 Å². The first-order valence-corrected chi connectivity index (χ1v) is 5.89. The number of amides is 1. The maximum absolute atomic E-state index is 11.6. The molecule has 9 heteroatoms. The minimum absolute atomic E-state index is 0.0218. The van der Waals surface area contributed by atoms with Crippen molar-refractivity contribution in [3.63, 3.8) is 0 Å². The van der Waals surface area contributed by atoms with Gasteiger partial charge in [-0.15, -0.1) is 0 Å². The number of H-pyrrole nitrogens is 1. The number of rotatable bonds is 3. The third kappa shape index (κ3) is 2.65. The quantitative estimate of drug-likeness (QED) is 0.409. The average Bonchev–Trinajstić information content (AvgIpc) is 2.76. The molecule has 0 unspecified atom stereocenters. The summed E-state index contributed by atoms with van der Waals surface area (Å²) in [7, 11) is 0. The third-order valence-corrected chi connectivity index (χ3v) is 2.87. The number of nitrogens with one attached hydrogen (secondary N) is 2. The lowest BCUT2D eigenvalue weighted by Gasteiger charge is -2.02. The van der Waals surface area contributed by atoms with Crippen LogP contribution in [0.1, 0.15) is 21.9 Å². The van der Waals surface area contributed by atoms with Crippen molar-refractivity contribution < 1.29 is 9.21 Å². The Kier molecular flexibility index (Phi) is 3.77. The summed E-state index contributed by atoms with van der Waals surface area (Å²) in [4.78, 5) is 36.2. The molecule has 0 atom stereocenters. The fourth-order valence-electron chi connectivity index (χ4n) is 1.69. The number of carbonyl (C=O) groups is 1. The maximum atomic E-state index is 11.6. The number of hydrogen-bond donors (Lipinski definition) is 3. The van der Waals surface area contributed by atoms with Crippen LogP contribution in [0.4, 0.5) is 0 Å². The summed E-state index contributed by atoms with van der Waals surface area (Å²) in [6, 6.07) is 1.59. The summed E-state index contributed by atoms with van der Waals surface area (Å²) in [5.74, 6) is 4.87. The minimum Gasteiger partial charge on any atom is -0.454 e. The number of furan rings is 1. The Morgan fingerprint density at radius 1 is 1.55 bits per heavy atom. The van der Waals surface area contributed by atoms with E-state index < -0.39 is 17.2 Å². The predicted molar refractivity (Wildman–Crippen MR) is 70.5 cm³/mol. The number of aromatic amines is 1. The van der Waals surface area contributed by atoms with Gasteiger partial charge >= 0.3 is 11.6 Å². The summed E-state index contributed by atoms with van der Waals surface area (Å²) in [6.45, 7) is 1.69. The minimum atomic E-state index is -0.660. The molecule has 0 aromatic carbocycles. The van der Waals surface area contributed by atoms with E-state index in [4.69, 9.17) is 21.9 Å². The molecule has 0 spiro atoms. The molecule has 0 aliphatic rings. The lowest BCUT2D eigenvalue weighted by Crippen LogP contribution is -2.30. The van der Waals surface area contributed by atoms with Gasteiger partial charge in [-0.05, 0) is 13.0 Å². The molecule has 20 heavy (non-hydrogen) atoms. The highest BCUT2D eigenvalue weighted by Gasteiger charge is 2.15. The van der Waals surface area contributed by atoms with E-state index in [1.807, 2.05) is 5.43 Å². The Morgan fingerprint density at radius 2 is 2.25 bits per heavy atom. The molecule has 0 aliphatic carbocycles. The molecule has 8 nitrogen and oxygen atoms in total. The second kappa shape index (κ2) is 5.35. The largest absolute Gasteiger partial charge is 0.454 e. The normalized spacial score (nSPS) is 10.6. The predicted octanol–water partition coefficient (Wildman–Crippen LogP) is -0.257. The standard InChI is InChI=1S/C11H11ClN4O4/c1-5-2-6(20-8(5)10(18)15-13)3-16-4-7(12)9(17)14-11(16)19/h2,4H,3,13H2,1H3,(H,15,18)(H,14,17,19). The van der Waals surface area contributed by atoms with E-state index >= 15 is 0 Å². The summed E-state index contributed by atoms with van der Waals surface area (Å²) >= 11 is 5.65. The Bertz CT molecular complexity index is 773. The van der Waals surface area contributed by atoms with Gasteiger partial charge in [-0.3, -0.25) is 24.6 Å². The van der Waals surface area contributed by atoms with Gasteiger partial charge in [-0.2, -0.15) is 0 Å². The lowest BCUT2D eigenvalue weighted by molar-refractivity contribution is 0.0923. The number of aryl methyl sites for hydroxylation is 1. The van der Waals surface area contributed by atoms with Crippen molar-refractivity contribution in [2.75, 3.05) is 0 Å². The van der Waals surface area contributed by atoms with E-state index in [0.717, 1.165) is 4.57 Å². The van der Waals surface area contributed by atoms with E-state index in [1.165, 1.54) is 6.20 Å². The fraction of sp³-hybridized carbons (Fsp3) is 0.182. The SMILES string of the molecule is Cc1cc(Cn2cc(Cl)c(=O)[nH]c2=O)oc1C(=O)NN. The number of carbonyl (C=O) groups excluding carboxylic acids is 1. The zero-order valence-corrected chi connectivity index (χ0v) is 11.2. The second-order valence-corrected chi connectivity index (χ2v) is 4.47. The van der Waals surface area contributed by atoms with Crippen molar-refractivity contribution in [3.8, 4) is 0 Å². The number of hydrazine groups is 1. The van der Waals surface area contributed by atoms with Crippen molar-refractivity contribution in [3.05, 3.63) is 55.2 Å². The molecule has 106 valence electrons. The van der Waals surface area contributed by atoms with Crippen LogP contribution in [0.2, 0.25) is 5.02 Å². The number of nitrogens with zero attached hydrogens (tertiary/aromatic N) is 1. The number of hydrogen-bond acceptors (Lipinski definition) is 5. The highest BCUT2D eigenvalue weighted by atomic mass is 35.5. The van der Waals surface area contributed by atoms with Crippen molar-refractivity contribution >= 4 is 17.5 Å². The summed E-state index contributed by atoms with van der Waals surface area (Å²) < 4.78 is 6.47.